The topological polar surface area (TPSA) is 53.1 Å². The van der Waals surface area contributed by atoms with Crippen molar-refractivity contribution < 1.29 is 9.90 Å². The molecule has 2 aromatic rings. The van der Waals surface area contributed by atoms with Crippen LogP contribution in [-0.2, 0) is 4.79 Å². The van der Waals surface area contributed by atoms with Crippen LogP contribution >= 0.6 is 11.6 Å². The maximum absolute atomic E-state index is 10.9. The molecule has 1 heterocycles. The summed E-state index contributed by atoms with van der Waals surface area (Å²) in [7, 11) is 0. The minimum atomic E-state index is -0.935. The molecule has 0 aliphatic heterocycles. The Morgan fingerprint density at radius 1 is 1.44 bits per heavy atom. The average molecular weight is 264 g/mol. The van der Waals surface area contributed by atoms with Crippen molar-refractivity contribution in [3.05, 3.63) is 41.1 Å². The molecule has 0 unspecified atom stereocenters. The molecule has 0 aliphatic carbocycles. The zero-order valence-electron chi connectivity index (χ0n) is 10.2. The van der Waals surface area contributed by atoms with Crippen molar-refractivity contribution >= 4 is 34.0 Å². The van der Waals surface area contributed by atoms with E-state index in [0.29, 0.717) is 5.02 Å². The number of carboxylic acids is 1. The first-order valence-corrected chi connectivity index (χ1v) is 6.09. The lowest BCUT2D eigenvalue weighted by molar-refractivity contribution is -0.131. The van der Waals surface area contributed by atoms with Gasteiger partial charge in [-0.25, -0.2) is 4.79 Å². The van der Waals surface area contributed by atoms with Gasteiger partial charge in [0.25, 0.3) is 0 Å². The molecule has 1 aromatic carbocycles. The number of rotatable bonds is 3. The van der Waals surface area contributed by atoms with Gasteiger partial charge in [-0.05, 0) is 17.6 Å². The van der Waals surface area contributed by atoms with Crippen LogP contribution in [0.25, 0.3) is 16.5 Å². The van der Waals surface area contributed by atoms with Gasteiger partial charge in [0.2, 0.25) is 0 Å². The molecule has 2 rings (SSSR count). The van der Waals surface area contributed by atoms with Crippen molar-refractivity contribution in [2.75, 3.05) is 0 Å². The number of hydrogen-bond donors (Lipinski definition) is 2. The van der Waals surface area contributed by atoms with Crippen LogP contribution in [0.5, 0.6) is 0 Å². The van der Waals surface area contributed by atoms with E-state index < -0.39 is 5.97 Å². The highest BCUT2D eigenvalue weighted by atomic mass is 35.5. The number of benzene rings is 1. The van der Waals surface area contributed by atoms with E-state index in [1.165, 1.54) is 6.08 Å². The molecular weight excluding hydrogens is 250 g/mol. The summed E-state index contributed by atoms with van der Waals surface area (Å²) in [6, 6.07) is 5.60. The van der Waals surface area contributed by atoms with E-state index in [4.69, 9.17) is 16.7 Å². The Morgan fingerprint density at radius 3 is 2.78 bits per heavy atom. The molecule has 0 atom stereocenters. The summed E-state index contributed by atoms with van der Waals surface area (Å²) in [5.74, 6) is -0.811. The van der Waals surface area contributed by atoms with E-state index >= 15 is 0 Å². The van der Waals surface area contributed by atoms with Gasteiger partial charge in [-0.3, -0.25) is 0 Å². The van der Waals surface area contributed by atoms with E-state index in [0.717, 1.165) is 22.0 Å². The molecule has 0 bridgehead atoms. The number of fused-ring (bicyclic) bond motifs is 1. The maximum atomic E-state index is 10.9. The predicted octanol–water partition coefficient (Wildman–Crippen LogP) is 3.95. The average Bonchev–Trinajstić information content (AvgIpc) is 2.70. The van der Waals surface area contributed by atoms with Crippen LogP contribution in [-0.4, -0.2) is 16.1 Å². The van der Waals surface area contributed by atoms with Gasteiger partial charge in [-0.2, -0.15) is 0 Å². The van der Waals surface area contributed by atoms with Crippen LogP contribution in [0.15, 0.2) is 30.5 Å². The molecule has 3 nitrogen and oxygen atoms in total. The number of para-hydroxylation sites is 1. The fraction of sp³-hybridized carbons (Fsp3) is 0.214. The summed E-state index contributed by atoms with van der Waals surface area (Å²) in [6.07, 6.45) is 3.07. The third-order valence-corrected chi connectivity index (χ3v) is 3.19. The summed E-state index contributed by atoms with van der Waals surface area (Å²) in [5, 5.41) is 10.5. The highest BCUT2D eigenvalue weighted by Gasteiger charge is 2.14. The summed E-state index contributed by atoms with van der Waals surface area (Å²) in [6.45, 7) is 3.94. The number of H-pyrrole nitrogens is 1. The van der Waals surface area contributed by atoms with E-state index in [9.17, 15) is 4.79 Å². The maximum Gasteiger partial charge on any atom is 0.328 e. The standard InChI is InChI=1S/C14H14ClNO2/c1-8(2)10(6-13(17)18)11-7-16-14-9(11)4-3-5-12(14)15/h3-8,16H,1-2H3,(H,17,18). The van der Waals surface area contributed by atoms with Crippen LogP contribution < -0.4 is 0 Å². The Morgan fingerprint density at radius 2 is 2.17 bits per heavy atom. The van der Waals surface area contributed by atoms with Crippen LogP contribution in [0.1, 0.15) is 19.4 Å². The quantitative estimate of drug-likeness (QED) is 0.824. The van der Waals surface area contributed by atoms with Gasteiger partial charge >= 0.3 is 5.97 Å². The highest BCUT2D eigenvalue weighted by molar-refractivity contribution is 6.35. The number of allylic oxidation sites excluding steroid dienone is 1. The van der Waals surface area contributed by atoms with Crippen LogP contribution in [0.2, 0.25) is 5.02 Å². The van der Waals surface area contributed by atoms with E-state index in [-0.39, 0.29) is 5.92 Å². The number of aliphatic carboxylic acids is 1. The second kappa shape index (κ2) is 4.86. The van der Waals surface area contributed by atoms with E-state index in [2.05, 4.69) is 4.98 Å². The summed E-state index contributed by atoms with van der Waals surface area (Å²) < 4.78 is 0. The number of carbonyl (C=O) groups is 1. The molecule has 0 saturated heterocycles. The van der Waals surface area contributed by atoms with Crippen LogP contribution in [0.4, 0.5) is 0 Å². The van der Waals surface area contributed by atoms with Crippen molar-refractivity contribution in [1.29, 1.82) is 0 Å². The van der Waals surface area contributed by atoms with Crippen molar-refractivity contribution in [1.82, 2.24) is 4.98 Å². The lowest BCUT2D eigenvalue weighted by atomic mass is 9.94. The number of aromatic amines is 1. The molecule has 0 fully saturated rings. The lowest BCUT2D eigenvalue weighted by Crippen LogP contribution is -1.98. The lowest BCUT2D eigenvalue weighted by Gasteiger charge is -2.09. The van der Waals surface area contributed by atoms with Crippen molar-refractivity contribution in [2.45, 2.75) is 13.8 Å². The molecule has 0 spiro atoms. The first kappa shape index (κ1) is 12.7. The minimum Gasteiger partial charge on any atom is -0.478 e. The summed E-state index contributed by atoms with van der Waals surface area (Å²) in [5.41, 5.74) is 2.52. The largest absolute Gasteiger partial charge is 0.478 e. The first-order chi connectivity index (χ1) is 8.50. The van der Waals surface area contributed by atoms with Crippen molar-refractivity contribution in [3.8, 4) is 0 Å². The predicted molar refractivity (Wildman–Crippen MR) is 73.8 cm³/mol. The fourth-order valence-electron chi connectivity index (χ4n) is 2.04. The van der Waals surface area contributed by atoms with Crippen molar-refractivity contribution in [3.63, 3.8) is 0 Å². The molecule has 94 valence electrons. The number of hydrogen-bond acceptors (Lipinski definition) is 1. The molecule has 0 radical (unpaired) electrons. The van der Waals surface area contributed by atoms with E-state index in [1.54, 1.807) is 6.07 Å². The van der Waals surface area contributed by atoms with Gasteiger partial charge < -0.3 is 10.1 Å². The number of nitrogens with one attached hydrogen (secondary N) is 1. The van der Waals surface area contributed by atoms with Crippen LogP contribution in [0.3, 0.4) is 0 Å². The normalized spacial score (nSPS) is 12.3. The van der Waals surface area contributed by atoms with Gasteiger partial charge in [-0.1, -0.05) is 37.6 Å². The van der Waals surface area contributed by atoms with Crippen molar-refractivity contribution in [2.24, 2.45) is 5.92 Å². The third kappa shape index (κ3) is 2.27. The summed E-state index contributed by atoms with van der Waals surface area (Å²) in [4.78, 5) is 14.0. The smallest absolute Gasteiger partial charge is 0.328 e. The second-order valence-corrected chi connectivity index (χ2v) is 4.86. The number of halogens is 1. The molecule has 0 aliphatic rings. The van der Waals surface area contributed by atoms with Gasteiger partial charge in [0.15, 0.2) is 0 Å². The monoisotopic (exact) mass is 263 g/mol. The van der Waals surface area contributed by atoms with E-state index in [1.807, 2.05) is 32.2 Å². The number of carboxylic acid groups (broad SMARTS) is 1. The molecule has 0 saturated carbocycles. The Hall–Kier alpha value is -1.74. The molecular formula is C14H14ClNO2. The molecule has 2 N–H and O–H groups in total. The number of aromatic nitrogens is 1. The second-order valence-electron chi connectivity index (χ2n) is 4.46. The minimum absolute atomic E-state index is 0.124. The van der Waals surface area contributed by atoms with Gasteiger partial charge in [0.05, 0.1) is 10.5 Å². The Kier molecular flexibility index (Phi) is 3.43. The Balaban J connectivity index is 2.66. The van der Waals surface area contributed by atoms with Crippen LogP contribution in [0, 0.1) is 5.92 Å². The zero-order valence-corrected chi connectivity index (χ0v) is 11.0. The molecule has 4 heteroatoms. The Bertz CT molecular complexity index is 626. The Labute approximate surface area is 110 Å². The molecule has 18 heavy (non-hydrogen) atoms. The third-order valence-electron chi connectivity index (χ3n) is 2.88. The fourth-order valence-corrected chi connectivity index (χ4v) is 2.27. The summed E-state index contributed by atoms with van der Waals surface area (Å²) >= 11 is 6.09. The van der Waals surface area contributed by atoms with Gasteiger partial charge in [-0.15, -0.1) is 0 Å². The molecule has 0 amide bonds. The molecule has 1 aromatic heterocycles. The highest BCUT2D eigenvalue weighted by Crippen LogP contribution is 2.32. The zero-order chi connectivity index (χ0) is 13.3. The van der Waals surface area contributed by atoms with Gasteiger partial charge in [0, 0.05) is 23.2 Å². The van der Waals surface area contributed by atoms with Gasteiger partial charge in [0.1, 0.15) is 0 Å². The SMILES string of the molecule is CC(C)C(=CC(=O)O)c1c[nH]c2c(Cl)cccc12. The first-order valence-electron chi connectivity index (χ1n) is 5.71.